The first-order chi connectivity index (χ1) is 68.2. The minimum atomic E-state index is -0.394. The number of aryl methyl sites for hydroxylation is 4. The molecule has 138 heavy (non-hydrogen) atoms. The number of hydrogen-bond donors (Lipinski definition) is 0. The van der Waals surface area contributed by atoms with Crippen molar-refractivity contribution in [2.75, 3.05) is 66.1 Å². The predicted molar refractivity (Wildman–Crippen MR) is 557 cm³/mol. The summed E-state index contributed by atoms with van der Waals surface area (Å²) < 4.78 is 61.8. The molecule has 0 aliphatic rings. The van der Waals surface area contributed by atoms with Gasteiger partial charge in [0.1, 0.15) is 23.0 Å². The van der Waals surface area contributed by atoms with E-state index in [1.54, 1.807) is 24.3 Å². The summed E-state index contributed by atoms with van der Waals surface area (Å²) in [5, 5.41) is 0. The molecule has 0 saturated heterocycles. The fourth-order valence-corrected chi connectivity index (χ4v) is 16.6. The Morgan fingerprint density at radius 1 is 0.196 bits per heavy atom. The number of aromatic nitrogens is 8. The summed E-state index contributed by atoms with van der Waals surface area (Å²) in [6.45, 7) is 14.1. The van der Waals surface area contributed by atoms with Crippen LogP contribution >= 0.6 is 0 Å². The topological polar surface area (TPSA) is 230 Å². The summed E-state index contributed by atoms with van der Waals surface area (Å²) in [6.07, 6.45) is 70.4. The molecule has 0 radical (unpaired) electrons. The van der Waals surface area contributed by atoms with E-state index in [-0.39, 0.29) is 0 Å². The van der Waals surface area contributed by atoms with E-state index in [0.29, 0.717) is 100 Å². The van der Waals surface area contributed by atoms with Crippen molar-refractivity contribution in [2.24, 2.45) is 0 Å². The summed E-state index contributed by atoms with van der Waals surface area (Å²) >= 11 is 0. The smallest absolute Gasteiger partial charge is 0.338 e. The van der Waals surface area contributed by atoms with Crippen molar-refractivity contribution in [1.29, 1.82) is 0 Å². The van der Waals surface area contributed by atoms with Crippen molar-refractivity contribution in [1.82, 2.24) is 39.9 Å². The van der Waals surface area contributed by atoms with Crippen LogP contribution in [-0.2, 0) is 35.2 Å². The van der Waals surface area contributed by atoms with Gasteiger partial charge in [-0.1, -0.05) is 182 Å². The quantitative estimate of drug-likeness (QED) is 0.0255. The normalized spacial score (nSPS) is 11.2. The molecule has 0 N–H and O–H groups in total. The summed E-state index contributed by atoms with van der Waals surface area (Å²) in [6, 6.07) is 42.9. The Balaban J connectivity index is 0.620. The number of hydrogen-bond acceptors (Lipinski definition) is 20. The van der Waals surface area contributed by atoms with Crippen LogP contribution in [0.15, 0.2) is 183 Å². The first kappa shape index (κ1) is 109. The second kappa shape index (κ2) is 68.9. The first-order valence-electron chi connectivity index (χ1n) is 53.5. The molecular formula is C118H162N8O12. The van der Waals surface area contributed by atoms with Crippen LogP contribution in [0.5, 0.6) is 46.0 Å². The van der Waals surface area contributed by atoms with Gasteiger partial charge < -0.3 is 47.4 Å². The summed E-state index contributed by atoms with van der Waals surface area (Å²) in [5.74, 6) is 7.73. The van der Waals surface area contributed by atoms with E-state index in [4.69, 9.17) is 47.4 Å². The molecule has 10 rings (SSSR count). The van der Waals surface area contributed by atoms with Crippen LogP contribution in [0.1, 0.15) is 366 Å². The van der Waals surface area contributed by atoms with Gasteiger partial charge in [0.05, 0.1) is 77.2 Å². The molecule has 0 spiro atoms. The lowest BCUT2D eigenvalue weighted by Gasteiger charge is -2.15. The highest BCUT2D eigenvalue weighted by Gasteiger charge is 2.18. The molecule has 20 nitrogen and oxygen atoms in total. The lowest BCUT2D eigenvalue weighted by Crippen LogP contribution is -2.09. The Kier molecular flexibility index (Phi) is 54.4. The molecule has 4 aromatic heterocycles. The lowest BCUT2D eigenvalue weighted by atomic mass is 10.1. The van der Waals surface area contributed by atoms with E-state index < -0.39 is 11.9 Å². The molecular weight excluding hydrogens is 1720 g/mol. The monoisotopic (exact) mass is 1880 g/mol. The van der Waals surface area contributed by atoms with E-state index >= 15 is 0 Å². The molecule has 4 heterocycles. The summed E-state index contributed by atoms with van der Waals surface area (Å²) in [7, 11) is 0. The van der Waals surface area contributed by atoms with Gasteiger partial charge in [-0.05, 0) is 323 Å². The molecule has 0 aliphatic heterocycles. The predicted octanol–water partition coefficient (Wildman–Crippen LogP) is 30.6. The third-order valence-corrected chi connectivity index (χ3v) is 25.2. The maximum Gasteiger partial charge on any atom is 0.338 e. The molecule has 0 bridgehead atoms. The maximum atomic E-state index is 13.6. The van der Waals surface area contributed by atoms with Crippen LogP contribution in [0.4, 0.5) is 0 Å². The van der Waals surface area contributed by atoms with Crippen LogP contribution in [0, 0.1) is 0 Å². The largest absolute Gasteiger partial charge is 0.494 e. The maximum absolute atomic E-state index is 13.6. The highest BCUT2D eigenvalue weighted by atomic mass is 16.5. The van der Waals surface area contributed by atoms with Gasteiger partial charge in [-0.2, -0.15) is 0 Å². The van der Waals surface area contributed by atoms with Gasteiger partial charge >= 0.3 is 11.9 Å². The molecule has 10 aromatic rings. The van der Waals surface area contributed by atoms with E-state index in [1.807, 2.05) is 159 Å². The Morgan fingerprint density at radius 3 is 0.609 bits per heavy atom. The SMILES string of the molecule is CCCCCCCCc1cnc(-c2ccc(OCCCCCCOc3ccc(C(=O)OCCCCCCCCOC(=O)c4ccc(OCCCCCCOc5ccc(-c6ncc(CCCCCCCC)cn6)cc5)c(OCCCCCCOc5ccc(-c6ncc(CCCCCCCC)cn6)cc5)c4)cc3OCCCCCCOc3ccc(-c4ncc(CCCCCCCC)cn4)cc3)cc2)nc1. The number of esters is 2. The number of nitrogens with zero attached hydrogens (tertiary/aromatic N) is 8. The van der Waals surface area contributed by atoms with Crippen LogP contribution < -0.4 is 37.9 Å². The second-order valence-corrected chi connectivity index (χ2v) is 37.0. The number of rotatable bonds is 79. The Morgan fingerprint density at radius 2 is 0.384 bits per heavy atom. The number of carbonyl (C=O) groups excluding carboxylic acids is 2. The Hall–Kier alpha value is -11.0. The van der Waals surface area contributed by atoms with Gasteiger partial charge in [-0.25, -0.2) is 49.5 Å². The van der Waals surface area contributed by atoms with Crippen molar-refractivity contribution in [2.45, 2.75) is 349 Å². The second-order valence-electron chi connectivity index (χ2n) is 37.0. The fraction of sp³-hybridized carbons (Fsp3) is 0.542. The van der Waals surface area contributed by atoms with E-state index in [2.05, 4.69) is 67.6 Å². The standard InChI is InChI=1S/C118H162N8O12/c1-5-9-13-17-23-37-51-95-87-119-113(120-88-95)99-55-65-105(66-56-99)129-75-41-29-33-45-79-133-109-73-63-103(85-111(109)135-81-47-35-31-43-77-131-107-69-59-101(60-70-107)115-123-91-97(92-124-115)53-39-25-19-15-11-7-3)117(127)137-83-49-27-21-22-28-50-84-138-118(128)104-64-74-110(134-80-46-34-30-42-76-130-106-67-57-100(58-68-106)114-121-89-96(90-122-114)52-38-24-18-14-10-6-2)112(86-104)136-82-48-36-32-44-78-132-108-71-61-102(62-72-108)116-125-93-98(94-126-116)54-40-26-20-16-12-8-4/h55-74,85-94H,5-54,75-84H2,1-4H3. The van der Waals surface area contributed by atoms with E-state index in [0.717, 1.165) is 235 Å². The molecule has 0 aliphatic carbocycles. The molecule has 0 unspecified atom stereocenters. The highest BCUT2D eigenvalue weighted by Crippen LogP contribution is 2.34. The fourth-order valence-electron chi connectivity index (χ4n) is 16.6. The highest BCUT2D eigenvalue weighted by molar-refractivity contribution is 5.91. The van der Waals surface area contributed by atoms with Crippen molar-refractivity contribution in [3.63, 3.8) is 0 Å². The molecule has 0 fully saturated rings. The van der Waals surface area contributed by atoms with Gasteiger partial charge in [0, 0.05) is 71.8 Å². The van der Waals surface area contributed by atoms with Gasteiger partial charge in [0.2, 0.25) is 0 Å². The third kappa shape index (κ3) is 44.4. The first-order valence-corrected chi connectivity index (χ1v) is 53.5. The van der Waals surface area contributed by atoms with Gasteiger partial charge in [0.25, 0.3) is 0 Å². The molecule has 20 heteroatoms. The molecule has 0 amide bonds. The summed E-state index contributed by atoms with van der Waals surface area (Å²) in [5.41, 5.74) is 9.50. The molecule has 746 valence electrons. The van der Waals surface area contributed by atoms with Gasteiger partial charge in [-0.15, -0.1) is 0 Å². The summed E-state index contributed by atoms with van der Waals surface area (Å²) in [4.78, 5) is 64.6. The van der Waals surface area contributed by atoms with Crippen LogP contribution in [-0.4, -0.2) is 118 Å². The zero-order valence-corrected chi connectivity index (χ0v) is 84.2. The van der Waals surface area contributed by atoms with Crippen molar-refractivity contribution < 1.29 is 57.0 Å². The zero-order chi connectivity index (χ0) is 96.2. The molecule has 0 saturated carbocycles. The minimum Gasteiger partial charge on any atom is -0.494 e. The molecule has 0 atom stereocenters. The van der Waals surface area contributed by atoms with Crippen LogP contribution in [0.3, 0.4) is 0 Å². The Bertz CT molecular complexity index is 4530. The van der Waals surface area contributed by atoms with Crippen LogP contribution in [0.25, 0.3) is 45.6 Å². The number of benzene rings is 6. The van der Waals surface area contributed by atoms with Gasteiger partial charge in [0.15, 0.2) is 46.3 Å². The average Bonchev–Trinajstić information content (AvgIpc) is 0.846. The van der Waals surface area contributed by atoms with E-state index in [1.165, 1.54) is 176 Å². The van der Waals surface area contributed by atoms with Crippen molar-refractivity contribution >= 4 is 11.9 Å². The number of carbonyl (C=O) groups is 2. The number of ether oxygens (including phenoxy) is 10. The van der Waals surface area contributed by atoms with E-state index in [9.17, 15) is 9.59 Å². The van der Waals surface area contributed by atoms with Gasteiger partial charge in [-0.3, -0.25) is 0 Å². The van der Waals surface area contributed by atoms with Crippen molar-refractivity contribution in [3.8, 4) is 91.5 Å². The molecule has 6 aromatic carbocycles. The Labute approximate surface area is 826 Å². The minimum absolute atomic E-state index is 0.304. The third-order valence-electron chi connectivity index (χ3n) is 25.2. The lowest BCUT2D eigenvalue weighted by molar-refractivity contribution is 0.0484. The number of unbranched alkanes of at least 4 members (excludes halogenated alkanes) is 37. The average molecular weight is 1880 g/mol. The van der Waals surface area contributed by atoms with Crippen LogP contribution in [0.2, 0.25) is 0 Å². The zero-order valence-electron chi connectivity index (χ0n) is 84.2. The van der Waals surface area contributed by atoms with Crippen molar-refractivity contribution in [3.05, 3.63) is 216 Å².